The van der Waals surface area contributed by atoms with Gasteiger partial charge < -0.3 is 10.5 Å². The van der Waals surface area contributed by atoms with Gasteiger partial charge >= 0.3 is 0 Å². The molecule has 0 aliphatic rings. The normalized spacial score (nSPS) is 12.6. The van der Waals surface area contributed by atoms with Crippen molar-refractivity contribution in [1.82, 2.24) is 0 Å². The molecule has 0 fully saturated rings. The van der Waals surface area contributed by atoms with Gasteiger partial charge in [-0.2, -0.15) is 0 Å². The summed E-state index contributed by atoms with van der Waals surface area (Å²) in [5.74, 6) is 1.21. The largest absolute Gasteiger partial charge is 0.495 e. The molecule has 16 heavy (non-hydrogen) atoms. The van der Waals surface area contributed by atoms with Crippen molar-refractivity contribution in [2.45, 2.75) is 19.8 Å². The summed E-state index contributed by atoms with van der Waals surface area (Å²) in [6.07, 6.45) is 1.88. The zero-order valence-electron chi connectivity index (χ0n) is 9.59. The van der Waals surface area contributed by atoms with E-state index in [0.717, 1.165) is 24.2 Å². The van der Waals surface area contributed by atoms with Gasteiger partial charge in [-0.3, -0.25) is 0 Å². The van der Waals surface area contributed by atoms with Crippen LogP contribution in [0.15, 0.2) is 12.1 Å². The van der Waals surface area contributed by atoms with E-state index in [2.05, 4.69) is 6.92 Å². The predicted molar refractivity (Wildman–Crippen MR) is 69.6 cm³/mol. The Morgan fingerprint density at radius 3 is 2.62 bits per heavy atom. The number of methoxy groups -OCH3 is 1. The minimum absolute atomic E-state index is 0.488. The number of benzene rings is 1. The number of hydrogen-bond donors (Lipinski definition) is 1. The van der Waals surface area contributed by atoms with E-state index in [-0.39, 0.29) is 0 Å². The molecular formula is C12H17Cl2NO. The van der Waals surface area contributed by atoms with E-state index in [4.69, 9.17) is 33.7 Å². The van der Waals surface area contributed by atoms with Crippen LogP contribution in [0.3, 0.4) is 0 Å². The van der Waals surface area contributed by atoms with Gasteiger partial charge in [0.1, 0.15) is 5.75 Å². The molecule has 1 aromatic carbocycles. The molecule has 0 aliphatic heterocycles. The molecule has 2 N–H and O–H groups in total. The minimum Gasteiger partial charge on any atom is -0.495 e. The Morgan fingerprint density at radius 2 is 2.06 bits per heavy atom. The fourth-order valence-electron chi connectivity index (χ4n) is 1.55. The van der Waals surface area contributed by atoms with Gasteiger partial charge in [-0.1, -0.05) is 30.1 Å². The standard InChI is InChI=1S/C12H17Cl2NO/c1-8(7-15)3-4-9-5-10(13)6-11(14)12(9)16-2/h5-6,8H,3-4,7,15H2,1-2H3. The van der Waals surface area contributed by atoms with E-state index in [0.29, 0.717) is 22.5 Å². The third kappa shape index (κ3) is 3.55. The Balaban J connectivity index is 2.85. The van der Waals surface area contributed by atoms with Crippen molar-refractivity contribution >= 4 is 23.2 Å². The smallest absolute Gasteiger partial charge is 0.140 e. The first-order chi connectivity index (χ1) is 7.58. The second-order valence-corrected chi connectivity index (χ2v) is 4.80. The highest BCUT2D eigenvalue weighted by Gasteiger charge is 2.10. The SMILES string of the molecule is COc1c(Cl)cc(Cl)cc1CCC(C)CN. The van der Waals surface area contributed by atoms with E-state index in [1.807, 2.05) is 6.07 Å². The molecule has 0 aliphatic carbocycles. The van der Waals surface area contributed by atoms with Crippen LogP contribution in [-0.4, -0.2) is 13.7 Å². The molecule has 0 saturated heterocycles. The van der Waals surface area contributed by atoms with Crippen molar-refractivity contribution < 1.29 is 4.74 Å². The summed E-state index contributed by atoms with van der Waals surface area (Å²) in [5, 5.41) is 1.20. The van der Waals surface area contributed by atoms with E-state index in [9.17, 15) is 0 Å². The van der Waals surface area contributed by atoms with Crippen LogP contribution < -0.4 is 10.5 Å². The first-order valence-corrected chi connectivity index (χ1v) is 6.06. The monoisotopic (exact) mass is 261 g/mol. The predicted octanol–water partition coefficient (Wildman–Crippen LogP) is 3.53. The maximum absolute atomic E-state index is 6.05. The molecule has 1 atom stereocenters. The lowest BCUT2D eigenvalue weighted by atomic mass is 10.0. The molecule has 0 spiro atoms. The Kier molecular flexibility index (Phi) is 5.39. The lowest BCUT2D eigenvalue weighted by Gasteiger charge is -2.13. The van der Waals surface area contributed by atoms with E-state index >= 15 is 0 Å². The maximum Gasteiger partial charge on any atom is 0.140 e. The van der Waals surface area contributed by atoms with Crippen LogP contribution in [-0.2, 0) is 6.42 Å². The van der Waals surface area contributed by atoms with E-state index in [1.54, 1.807) is 13.2 Å². The molecular weight excluding hydrogens is 245 g/mol. The molecule has 0 bridgehead atoms. The van der Waals surface area contributed by atoms with Crippen LogP contribution in [0.4, 0.5) is 0 Å². The number of nitrogens with two attached hydrogens (primary N) is 1. The van der Waals surface area contributed by atoms with Crippen molar-refractivity contribution in [2.75, 3.05) is 13.7 Å². The third-order valence-electron chi connectivity index (χ3n) is 2.60. The van der Waals surface area contributed by atoms with Gasteiger partial charge in [0.05, 0.1) is 12.1 Å². The van der Waals surface area contributed by atoms with Crippen molar-refractivity contribution in [3.8, 4) is 5.75 Å². The average Bonchev–Trinajstić information content (AvgIpc) is 2.25. The van der Waals surface area contributed by atoms with E-state index in [1.165, 1.54) is 0 Å². The van der Waals surface area contributed by atoms with Crippen molar-refractivity contribution in [1.29, 1.82) is 0 Å². The fourth-order valence-corrected chi connectivity index (χ4v) is 2.16. The summed E-state index contributed by atoms with van der Waals surface area (Å²) in [6.45, 7) is 2.81. The Bertz CT molecular complexity index is 355. The average molecular weight is 262 g/mol. The maximum atomic E-state index is 6.05. The lowest BCUT2D eigenvalue weighted by Crippen LogP contribution is -2.11. The molecule has 90 valence electrons. The minimum atomic E-state index is 0.488. The van der Waals surface area contributed by atoms with Crippen LogP contribution in [0.1, 0.15) is 18.9 Å². The topological polar surface area (TPSA) is 35.2 Å². The fraction of sp³-hybridized carbons (Fsp3) is 0.500. The van der Waals surface area contributed by atoms with Gasteiger partial charge in [-0.05, 0) is 43.0 Å². The zero-order valence-corrected chi connectivity index (χ0v) is 11.1. The van der Waals surface area contributed by atoms with Crippen LogP contribution in [0, 0.1) is 5.92 Å². The van der Waals surface area contributed by atoms with Gasteiger partial charge in [0, 0.05) is 5.02 Å². The van der Waals surface area contributed by atoms with Crippen LogP contribution in [0.25, 0.3) is 0 Å². The molecule has 0 aromatic heterocycles. The first-order valence-electron chi connectivity index (χ1n) is 5.30. The van der Waals surface area contributed by atoms with Crippen LogP contribution in [0.5, 0.6) is 5.75 Å². The second-order valence-electron chi connectivity index (χ2n) is 3.96. The van der Waals surface area contributed by atoms with Gasteiger partial charge in [0.25, 0.3) is 0 Å². The third-order valence-corrected chi connectivity index (χ3v) is 3.10. The van der Waals surface area contributed by atoms with Gasteiger partial charge in [-0.15, -0.1) is 0 Å². The number of ether oxygens (including phenoxy) is 1. The summed E-state index contributed by atoms with van der Waals surface area (Å²) >= 11 is 12.0. The number of halogens is 2. The highest BCUT2D eigenvalue weighted by Crippen LogP contribution is 2.33. The van der Waals surface area contributed by atoms with E-state index < -0.39 is 0 Å². The number of hydrogen-bond acceptors (Lipinski definition) is 2. The first kappa shape index (κ1) is 13.6. The number of aryl methyl sites for hydroxylation is 1. The highest BCUT2D eigenvalue weighted by molar-refractivity contribution is 6.35. The molecule has 1 unspecified atom stereocenters. The molecule has 0 amide bonds. The number of rotatable bonds is 5. The Hall–Kier alpha value is -0.440. The molecule has 1 aromatic rings. The zero-order chi connectivity index (χ0) is 12.1. The molecule has 0 heterocycles. The summed E-state index contributed by atoms with van der Waals surface area (Å²) in [5.41, 5.74) is 6.63. The Labute approximate surface area is 107 Å². The molecule has 0 radical (unpaired) electrons. The second kappa shape index (κ2) is 6.33. The molecule has 4 heteroatoms. The van der Waals surface area contributed by atoms with Crippen molar-refractivity contribution in [3.63, 3.8) is 0 Å². The van der Waals surface area contributed by atoms with Gasteiger partial charge in [0.15, 0.2) is 0 Å². The summed E-state index contributed by atoms with van der Waals surface area (Å²) in [7, 11) is 1.62. The molecule has 2 nitrogen and oxygen atoms in total. The summed E-state index contributed by atoms with van der Waals surface area (Å²) in [4.78, 5) is 0. The molecule has 1 rings (SSSR count). The van der Waals surface area contributed by atoms with Crippen molar-refractivity contribution in [2.24, 2.45) is 11.7 Å². The van der Waals surface area contributed by atoms with Crippen LogP contribution in [0.2, 0.25) is 10.0 Å². The summed E-state index contributed by atoms with van der Waals surface area (Å²) < 4.78 is 5.28. The van der Waals surface area contributed by atoms with Gasteiger partial charge in [0.2, 0.25) is 0 Å². The lowest BCUT2D eigenvalue weighted by molar-refractivity contribution is 0.407. The Morgan fingerprint density at radius 1 is 1.38 bits per heavy atom. The van der Waals surface area contributed by atoms with Gasteiger partial charge in [-0.25, -0.2) is 0 Å². The highest BCUT2D eigenvalue weighted by atomic mass is 35.5. The molecule has 0 saturated carbocycles. The summed E-state index contributed by atoms with van der Waals surface area (Å²) in [6, 6.07) is 3.59. The van der Waals surface area contributed by atoms with Crippen LogP contribution >= 0.6 is 23.2 Å². The van der Waals surface area contributed by atoms with Crippen molar-refractivity contribution in [3.05, 3.63) is 27.7 Å². The quantitative estimate of drug-likeness (QED) is 0.881.